The molecule has 1 amide bonds. The Bertz CT molecular complexity index is 789. The van der Waals surface area contributed by atoms with Crippen LogP contribution in [0.3, 0.4) is 0 Å². The fourth-order valence-corrected chi connectivity index (χ4v) is 4.13. The molecule has 0 saturated carbocycles. The quantitative estimate of drug-likeness (QED) is 0.629. The summed E-state index contributed by atoms with van der Waals surface area (Å²) in [6.07, 6.45) is 0. The Morgan fingerprint density at radius 2 is 1.85 bits per heavy atom. The van der Waals surface area contributed by atoms with Crippen molar-refractivity contribution in [1.29, 1.82) is 0 Å². The van der Waals surface area contributed by atoms with Gasteiger partial charge in [-0.3, -0.25) is 4.79 Å². The molecular weight excluding hydrogens is 379 g/mol. The first-order valence-corrected chi connectivity index (χ1v) is 10.1. The summed E-state index contributed by atoms with van der Waals surface area (Å²) in [6.45, 7) is 4.87. The third-order valence-electron chi connectivity index (χ3n) is 4.19. The molecule has 0 unspecified atom stereocenters. The minimum absolute atomic E-state index is 0.209. The molecule has 2 rings (SSSR count). The van der Waals surface area contributed by atoms with E-state index in [1.165, 1.54) is 9.21 Å². The SMILES string of the molecule is CCN(CC)S(=O)(=O)c1ccc(F)c(C(=O)OCC(=O)N2CCOCC2)c1. The summed E-state index contributed by atoms with van der Waals surface area (Å²) in [6, 6.07) is 2.93. The maximum Gasteiger partial charge on any atom is 0.341 e. The van der Waals surface area contributed by atoms with Gasteiger partial charge in [0.05, 0.1) is 23.7 Å². The molecule has 1 fully saturated rings. The molecule has 0 N–H and O–H groups in total. The number of hydrogen-bond donors (Lipinski definition) is 0. The molecule has 8 nitrogen and oxygen atoms in total. The lowest BCUT2D eigenvalue weighted by atomic mass is 10.2. The van der Waals surface area contributed by atoms with Gasteiger partial charge in [-0.1, -0.05) is 13.8 Å². The van der Waals surface area contributed by atoms with Crippen molar-refractivity contribution in [3.8, 4) is 0 Å². The van der Waals surface area contributed by atoms with Crippen molar-refractivity contribution in [3.63, 3.8) is 0 Å². The number of carbonyl (C=O) groups excluding carboxylic acids is 2. The number of carbonyl (C=O) groups is 2. The van der Waals surface area contributed by atoms with E-state index in [-0.39, 0.29) is 18.0 Å². The van der Waals surface area contributed by atoms with E-state index >= 15 is 0 Å². The minimum atomic E-state index is -3.85. The van der Waals surface area contributed by atoms with Gasteiger partial charge in [-0.05, 0) is 18.2 Å². The molecule has 0 radical (unpaired) electrons. The fraction of sp³-hybridized carbons (Fsp3) is 0.529. The number of ether oxygens (including phenoxy) is 2. The molecule has 1 aromatic rings. The Labute approximate surface area is 157 Å². The van der Waals surface area contributed by atoms with Gasteiger partial charge in [-0.25, -0.2) is 17.6 Å². The van der Waals surface area contributed by atoms with Crippen LogP contribution >= 0.6 is 0 Å². The van der Waals surface area contributed by atoms with Crippen molar-refractivity contribution >= 4 is 21.9 Å². The first kappa shape index (κ1) is 21.3. The van der Waals surface area contributed by atoms with Gasteiger partial charge in [0.2, 0.25) is 10.0 Å². The van der Waals surface area contributed by atoms with E-state index in [0.717, 1.165) is 18.2 Å². The summed E-state index contributed by atoms with van der Waals surface area (Å²) in [7, 11) is -3.85. The van der Waals surface area contributed by atoms with Crippen LogP contribution in [-0.2, 0) is 24.3 Å². The third-order valence-corrected chi connectivity index (χ3v) is 6.24. The van der Waals surface area contributed by atoms with Crippen LogP contribution in [0.2, 0.25) is 0 Å². The highest BCUT2D eigenvalue weighted by atomic mass is 32.2. The van der Waals surface area contributed by atoms with Crippen LogP contribution in [0, 0.1) is 5.82 Å². The Kier molecular flexibility index (Phi) is 7.28. The molecule has 1 heterocycles. The standard InChI is InChI=1S/C17H23FN2O6S/c1-3-20(4-2)27(23,24)13-5-6-15(18)14(11-13)17(22)26-12-16(21)19-7-9-25-10-8-19/h5-6,11H,3-4,7-10,12H2,1-2H3. The second-order valence-electron chi connectivity index (χ2n) is 5.80. The van der Waals surface area contributed by atoms with E-state index < -0.39 is 39.9 Å². The van der Waals surface area contributed by atoms with Crippen LogP contribution in [-0.4, -0.2) is 75.5 Å². The number of rotatable bonds is 7. The van der Waals surface area contributed by atoms with Gasteiger partial charge >= 0.3 is 5.97 Å². The summed E-state index contributed by atoms with van der Waals surface area (Å²) < 4.78 is 50.3. The van der Waals surface area contributed by atoms with Crippen LogP contribution < -0.4 is 0 Å². The first-order chi connectivity index (χ1) is 12.8. The Balaban J connectivity index is 2.13. The van der Waals surface area contributed by atoms with Crippen molar-refractivity contribution < 1.29 is 31.9 Å². The number of benzene rings is 1. The molecule has 1 saturated heterocycles. The summed E-state index contributed by atoms with van der Waals surface area (Å²) >= 11 is 0. The predicted octanol–water partition coefficient (Wildman–Crippen LogP) is 0.872. The molecule has 1 aliphatic heterocycles. The molecule has 0 spiro atoms. The number of sulfonamides is 1. The van der Waals surface area contributed by atoms with Gasteiger partial charge in [-0.15, -0.1) is 0 Å². The highest BCUT2D eigenvalue weighted by Gasteiger charge is 2.25. The summed E-state index contributed by atoms with van der Waals surface area (Å²) in [5.41, 5.74) is -0.530. The predicted molar refractivity (Wildman–Crippen MR) is 94.2 cm³/mol. The van der Waals surface area contributed by atoms with Crippen molar-refractivity contribution in [1.82, 2.24) is 9.21 Å². The Morgan fingerprint density at radius 1 is 1.22 bits per heavy atom. The number of esters is 1. The van der Waals surface area contributed by atoms with E-state index in [0.29, 0.717) is 26.3 Å². The van der Waals surface area contributed by atoms with Crippen LogP contribution in [0.1, 0.15) is 24.2 Å². The molecule has 1 aromatic carbocycles. The van der Waals surface area contributed by atoms with Gasteiger partial charge < -0.3 is 14.4 Å². The van der Waals surface area contributed by atoms with Crippen molar-refractivity contribution in [2.24, 2.45) is 0 Å². The molecule has 0 atom stereocenters. The van der Waals surface area contributed by atoms with Crippen molar-refractivity contribution in [3.05, 3.63) is 29.6 Å². The summed E-state index contributed by atoms with van der Waals surface area (Å²) in [5.74, 6) is -2.43. The van der Waals surface area contributed by atoms with Crippen molar-refractivity contribution in [2.45, 2.75) is 18.7 Å². The van der Waals surface area contributed by atoms with E-state index in [2.05, 4.69) is 0 Å². The summed E-state index contributed by atoms with van der Waals surface area (Å²) in [4.78, 5) is 25.5. The maximum absolute atomic E-state index is 14.0. The third kappa shape index (κ3) is 5.02. The maximum atomic E-state index is 14.0. The zero-order valence-electron chi connectivity index (χ0n) is 15.3. The first-order valence-electron chi connectivity index (χ1n) is 8.63. The van der Waals surface area contributed by atoms with Crippen molar-refractivity contribution in [2.75, 3.05) is 46.0 Å². The van der Waals surface area contributed by atoms with E-state index in [4.69, 9.17) is 9.47 Å². The second kappa shape index (κ2) is 9.25. The fourth-order valence-electron chi connectivity index (χ4n) is 2.64. The van der Waals surface area contributed by atoms with E-state index in [1.54, 1.807) is 13.8 Å². The van der Waals surface area contributed by atoms with Crippen LogP contribution in [0.25, 0.3) is 0 Å². The number of halogens is 1. The lowest BCUT2D eigenvalue weighted by molar-refractivity contribution is -0.138. The molecule has 10 heteroatoms. The zero-order chi connectivity index (χ0) is 20.0. The van der Waals surface area contributed by atoms with Gasteiger partial charge in [0.1, 0.15) is 5.82 Å². The molecule has 0 aromatic heterocycles. The lowest BCUT2D eigenvalue weighted by Crippen LogP contribution is -2.42. The highest BCUT2D eigenvalue weighted by Crippen LogP contribution is 2.20. The number of hydrogen-bond acceptors (Lipinski definition) is 6. The van der Waals surface area contributed by atoms with Gasteiger partial charge in [0, 0.05) is 26.2 Å². The largest absolute Gasteiger partial charge is 0.452 e. The smallest absolute Gasteiger partial charge is 0.341 e. The zero-order valence-corrected chi connectivity index (χ0v) is 16.1. The molecule has 27 heavy (non-hydrogen) atoms. The topological polar surface area (TPSA) is 93.2 Å². The Morgan fingerprint density at radius 3 is 2.44 bits per heavy atom. The average Bonchev–Trinajstić information content (AvgIpc) is 2.67. The second-order valence-corrected chi connectivity index (χ2v) is 7.74. The normalized spacial score (nSPS) is 15.0. The van der Waals surface area contributed by atoms with Crippen LogP contribution in [0.4, 0.5) is 4.39 Å². The van der Waals surface area contributed by atoms with Gasteiger partial charge in [-0.2, -0.15) is 4.31 Å². The average molecular weight is 402 g/mol. The lowest BCUT2D eigenvalue weighted by Gasteiger charge is -2.26. The summed E-state index contributed by atoms with van der Waals surface area (Å²) in [5, 5.41) is 0. The van der Waals surface area contributed by atoms with Gasteiger partial charge in [0.15, 0.2) is 6.61 Å². The highest BCUT2D eigenvalue weighted by molar-refractivity contribution is 7.89. The molecule has 0 bridgehead atoms. The van der Waals surface area contributed by atoms with E-state index in [1.807, 2.05) is 0 Å². The monoisotopic (exact) mass is 402 g/mol. The Hall–Kier alpha value is -2.04. The number of amides is 1. The molecule has 1 aliphatic rings. The molecule has 150 valence electrons. The van der Waals surface area contributed by atoms with Gasteiger partial charge in [0.25, 0.3) is 5.91 Å². The van der Waals surface area contributed by atoms with Crippen LogP contribution in [0.5, 0.6) is 0 Å². The minimum Gasteiger partial charge on any atom is -0.452 e. The number of morpholine rings is 1. The number of nitrogens with zero attached hydrogens (tertiary/aromatic N) is 2. The van der Waals surface area contributed by atoms with E-state index in [9.17, 15) is 22.4 Å². The molecular formula is C17H23FN2O6S. The molecule has 0 aliphatic carbocycles. The van der Waals surface area contributed by atoms with Crippen LogP contribution in [0.15, 0.2) is 23.1 Å².